The van der Waals surface area contributed by atoms with Gasteiger partial charge in [-0.15, -0.1) is 0 Å². The van der Waals surface area contributed by atoms with E-state index in [1.165, 1.54) is 26.1 Å². The Morgan fingerprint density at radius 2 is 1.94 bits per heavy atom. The SMILES string of the molecule is CC[N+](C)(CC)CCCNc1cccc(N)c1. The quantitative estimate of drug-likeness (QED) is 0.434. The van der Waals surface area contributed by atoms with E-state index in [1.54, 1.807) is 0 Å². The number of rotatable bonds is 7. The predicted octanol–water partition coefficient (Wildman–Crippen LogP) is 2.56. The van der Waals surface area contributed by atoms with Crippen molar-refractivity contribution < 1.29 is 4.48 Å². The van der Waals surface area contributed by atoms with Gasteiger partial charge < -0.3 is 15.5 Å². The Labute approximate surface area is 105 Å². The lowest BCUT2D eigenvalue weighted by molar-refractivity contribution is -0.906. The molecule has 0 spiro atoms. The van der Waals surface area contributed by atoms with Crippen LogP contribution in [0.1, 0.15) is 20.3 Å². The van der Waals surface area contributed by atoms with Crippen LogP contribution >= 0.6 is 0 Å². The van der Waals surface area contributed by atoms with E-state index < -0.39 is 0 Å². The normalized spacial score (nSPS) is 11.5. The van der Waals surface area contributed by atoms with Crippen molar-refractivity contribution in [1.29, 1.82) is 0 Å². The van der Waals surface area contributed by atoms with Crippen molar-refractivity contribution in [3.63, 3.8) is 0 Å². The summed E-state index contributed by atoms with van der Waals surface area (Å²) in [5.41, 5.74) is 7.67. The number of benzene rings is 1. The Morgan fingerprint density at radius 3 is 2.53 bits per heavy atom. The fraction of sp³-hybridized carbons (Fsp3) is 0.571. The van der Waals surface area contributed by atoms with Crippen molar-refractivity contribution >= 4 is 11.4 Å². The van der Waals surface area contributed by atoms with Crippen LogP contribution in [0.3, 0.4) is 0 Å². The van der Waals surface area contributed by atoms with E-state index in [9.17, 15) is 0 Å². The van der Waals surface area contributed by atoms with Gasteiger partial charge in [-0.2, -0.15) is 0 Å². The minimum Gasteiger partial charge on any atom is -0.399 e. The maximum absolute atomic E-state index is 5.73. The topological polar surface area (TPSA) is 38.0 Å². The first-order valence-electron chi connectivity index (χ1n) is 6.52. The fourth-order valence-corrected chi connectivity index (χ4v) is 1.88. The first kappa shape index (κ1) is 13.8. The maximum Gasteiger partial charge on any atom is 0.0801 e. The molecule has 0 saturated carbocycles. The molecule has 3 heteroatoms. The van der Waals surface area contributed by atoms with E-state index in [1.807, 2.05) is 18.2 Å². The van der Waals surface area contributed by atoms with Gasteiger partial charge in [-0.1, -0.05) is 6.07 Å². The Morgan fingerprint density at radius 1 is 1.24 bits per heavy atom. The molecule has 0 aromatic heterocycles. The number of nitrogens with zero attached hydrogens (tertiary/aromatic N) is 1. The fourth-order valence-electron chi connectivity index (χ4n) is 1.88. The van der Waals surface area contributed by atoms with Gasteiger partial charge >= 0.3 is 0 Å². The minimum absolute atomic E-state index is 0.817. The van der Waals surface area contributed by atoms with Crippen LogP contribution in [-0.2, 0) is 0 Å². The zero-order chi connectivity index (χ0) is 12.7. The van der Waals surface area contributed by atoms with Gasteiger partial charge in [0.25, 0.3) is 0 Å². The number of hydrogen-bond acceptors (Lipinski definition) is 2. The van der Waals surface area contributed by atoms with Crippen molar-refractivity contribution in [2.24, 2.45) is 0 Å². The Balaban J connectivity index is 2.29. The van der Waals surface area contributed by atoms with Crippen LogP contribution in [0, 0.1) is 0 Å². The summed E-state index contributed by atoms with van der Waals surface area (Å²) in [6.07, 6.45) is 1.19. The van der Waals surface area contributed by atoms with Gasteiger partial charge in [-0.05, 0) is 32.0 Å². The lowest BCUT2D eigenvalue weighted by Gasteiger charge is -2.32. The van der Waals surface area contributed by atoms with E-state index >= 15 is 0 Å². The lowest BCUT2D eigenvalue weighted by atomic mass is 10.2. The van der Waals surface area contributed by atoms with Crippen molar-refractivity contribution in [2.45, 2.75) is 20.3 Å². The third-order valence-corrected chi connectivity index (χ3v) is 3.62. The van der Waals surface area contributed by atoms with Crippen LogP contribution in [0.25, 0.3) is 0 Å². The molecule has 0 aliphatic heterocycles. The summed E-state index contributed by atoms with van der Waals surface area (Å²) >= 11 is 0. The highest BCUT2D eigenvalue weighted by atomic mass is 15.3. The zero-order valence-corrected chi connectivity index (χ0v) is 11.4. The monoisotopic (exact) mass is 236 g/mol. The van der Waals surface area contributed by atoms with Crippen LogP contribution < -0.4 is 11.1 Å². The van der Waals surface area contributed by atoms with Crippen LogP contribution in [0.15, 0.2) is 24.3 Å². The van der Waals surface area contributed by atoms with E-state index in [0.29, 0.717) is 0 Å². The maximum atomic E-state index is 5.73. The Bertz CT molecular complexity index is 332. The first-order chi connectivity index (χ1) is 8.09. The smallest absolute Gasteiger partial charge is 0.0801 e. The summed E-state index contributed by atoms with van der Waals surface area (Å²) < 4.78 is 1.15. The molecular formula is C14H26N3+. The number of nitrogens with two attached hydrogens (primary N) is 1. The molecule has 0 unspecified atom stereocenters. The first-order valence-corrected chi connectivity index (χ1v) is 6.52. The minimum atomic E-state index is 0.817. The number of nitrogens with one attached hydrogen (secondary N) is 1. The number of quaternary nitrogens is 1. The van der Waals surface area contributed by atoms with Crippen molar-refractivity contribution in [3.8, 4) is 0 Å². The summed E-state index contributed by atoms with van der Waals surface area (Å²) in [6.45, 7) is 9.16. The highest BCUT2D eigenvalue weighted by Gasteiger charge is 2.14. The second-order valence-electron chi connectivity index (χ2n) is 4.88. The summed E-state index contributed by atoms with van der Waals surface area (Å²) in [5, 5.41) is 3.42. The third-order valence-electron chi connectivity index (χ3n) is 3.62. The van der Waals surface area contributed by atoms with Crippen LogP contribution in [0.4, 0.5) is 11.4 Å². The highest BCUT2D eigenvalue weighted by molar-refractivity contribution is 5.53. The molecule has 0 saturated heterocycles. The van der Waals surface area contributed by atoms with Gasteiger partial charge in [0.2, 0.25) is 0 Å². The van der Waals surface area contributed by atoms with Gasteiger partial charge in [-0.25, -0.2) is 0 Å². The van der Waals surface area contributed by atoms with Crippen molar-refractivity contribution in [3.05, 3.63) is 24.3 Å². The molecule has 1 aromatic rings. The molecule has 0 amide bonds. The number of hydrogen-bond donors (Lipinski definition) is 2. The molecule has 1 aromatic carbocycles. The third kappa shape index (κ3) is 4.65. The largest absolute Gasteiger partial charge is 0.399 e. The number of nitrogen functional groups attached to an aromatic ring is 1. The second kappa shape index (κ2) is 6.50. The zero-order valence-electron chi connectivity index (χ0n) is 11.4. The molecular weight excluding hydrogens is 210 g/mol. The van der Waals surface area contributed by atoms with E-state index in [2.05, 4.69) is 32.3 Å². The predicted molar refractivity (Wildman–Crippen MR) is 76.1 cm³/mol. The van der Waals surface area contributed by atoms with Crippen molar-refractivity contribution in [2.75, 3.05) is 44.3 Å². The standard InChI is InChI=1S/C14H26N3/c1-4-17(3,5-2)11-7-10-16-14-9-6-8-13(15)12-14/h6,8-9,12,16H,4-5,7,10-11,15H2,1-3H3/q+1. The summed E-state index contributed by atoms with van der Waals surface area (Å²) in [4.78, 5) is 0. The molecule has 0 bridgehead atoms. The van der Waals surface area contributed by atoms with Gasteiger partial charge in [0.15, 0.2) is 0 Å². The number of anilines is 2. The molecule has 0 aliphatic rings. The van der Waals surface area contributed by atoms with Gasteiger partial charge in [0.05, 0.1) is 26.7 Å². The van der Waals surface area contributed by atoms with E-state index in [0.717, 1.165) is 22.4 Å². The van der Waals surface area contributed by atoms with E-state index in [4.69, 9.17) is 5.73 Å². The lowest BCUT2D eigenvalue weighted by Crippen LogP contribution is -2.44. The summed E-state index contributed by atoms with van der Waals surface area (Å²) in [6, 6.07) is 7.93. The molecule has 96 valence electrons. The highest BCUT2D eigenvalue weighted by Crippen LogP contribution is 2.11. The average Bonchev–Trinajstić information content (AvgIpc) is 2.34. The molecule has 1 rings (SSSR count). The van der Waals surface area contributed by atoms with E-state index in [-0.39, 0.29) is 0 Å². The Hall–Kier alpha value is -1.22. The summed E-state index contributed by atoms with van der Waals surface area (Å²) in [5.74, 6) is 0. The van der Waals surface area contributed by atoms with Crippen molar-refractivity contribution in [1.82, 2.24) is 0 Å². The van der Waals surface area contributed by atoms with Gasteiger partial charge in [0, 0.05) is 24.3 Å². The molecule has 17 heavy (non-hydrogen) atoms. The molecule has 0 fully saturated rings. The molecule has 0 radical (unpaired) electrons. The average molecular weight is 236 g/mol. The van der Waals surface area contributed by atoms with Crippen LogP contribution in [0.2, 0.25) is 0 Å². The molecule has 3 N–H and O–H groups in total. The summed E-state index contributed by atoms with van der Waals surface area (Å²) in [7, 11) is 2.32. The van der Waals surface area contributed by atoms with Crippen LogP contribution in [-0.4, -0.2) is 37.7 Å². The Kier molecular flexibility index (Phi) is 5.29. The molecule has 0 aliphatic carbocycles. The van der Waals surface area contributed by atoms with Gasteiger partial charge in [0.1, 0.15) is 0 Å². The molecule has 3 nitrogen and oxygen atoms in total. The van der Waals surface area contributed by atoms with Crippen LogP contribution in [0.5, 0.6) is 0 Å². The molecule has 0 atom stereocenters. The van der Waals surface area contributed by atoms with Gasteiger partial charge in [-0.3, -0.25) is 0 Å². The second-order valence-corrected chi connectivity index (χ2v) is 4.88. The molecule has 0 heterocycles.